The maximum absolute atomic E-state index is 13.0. The Bertz CT molecular complexity index is 1440. The molecule has 1 saturated carbocycles. The normalized spacial score (nSPS) is 12.7. The Labute approximate surface area is 218 Å². The van der Waals surface area contributed by atoms with Gasteiger partial charge in [0, 0.05) is 40.4 Å². The number of rotatable bonds is 7. The fourth-order valence-electron chi connectivity index (χ4n) is 3.99. The molecular weight excluding hydrogens is 492 g/mol. The van der Waals surface area contributed by atoms with Gasteiger partial charge in [-0.15, -0.1) is 0 Å². The molecule has 0 bridgehead atoms. The number of benzene rings is 3. The molecule has 1 aromatic heterocycles. The highest BCUT2D eigenvalue weighted by molar-refractivity contribution is 6.30. The number of anilines is 1. The van der Waals surface area contributed by atoms with Crippen molar-refractivity contribution in [3.8, 4) is 22.8 Å². The highest BCUT2D eigenvalue weighted by Gasteiger charge is 2.30. The van der Waals surface area contributed by atoms with Gasteiger partial charge in [0.25, 0.3) is 5.91 Å². The number of methoxy groups -OCH3 is 1. The molecule has 8 nitrogen and oxygen atoms in total. The summed E-state index contributed by atoms with van der Waals surface area (Å²) in [6, 6.07) is 20.3. The van der Waals surface area contributed by atoms with Crippen LogP contribution in [0.25, 0.3) is 11.3 Å². The number of nitrogens with one attached hydrogen (secondary N) is 2. The molecule has 2 amide bonds. The molecular formula is C28H25ClN4O4. The summed E-state index contributed by atoms with van der Waals surface area (Å²) in [5.74, 6) is 0.628. The van der Waals surface area contributed by atoms with E-state index in [1.165, 1.54) is 10.7 Å². The molecule has 9 heteroatoms. The van der Waals surface area contributed by atoms with Crippen LogP contribution in [0, 0.1) is 0 Å². The van der Waals surface area contributed by atoms with Gasteiger partial charge in [-0.05, 0) is 73.0 Å². The van der Waals surface area contributed by atoms with Crippen LogP contribution in [0.4, 0.5) is 10.5 Å². The minimum Gasteiger partial charge on any atom is -0.507 e. The van der Waals surface area contributed by atoms with E-state index in [9.17, 15) is 14.7 Å². The minimum absolute atomic E-state index is 0.0560. The maximum atomic E-state index is 13.0. The fraction of sp³-hybridized carbons (Fsp3) is 0.179. The van der Waals surface area contributed by atoms with Gasteiger partial charge in [0.1, 0.15) is 11.5 Å². The topological polar surface area (TPSA) is 105 Å². The van der Waals surface area contributed by atoms with Gasteiger partial charge >= 0.3 is 6.03 Å². The van der Waals surface area contributed by atoms with Gasteiger partial charge in [-0.3, -0.25) is 4.79 Å². The second kappa shape index (κ2) is 10.4. The highest BCUT2D eigenvalue weighted by Crippen LogP contribution is 2.42. The molecule has 1 heterocycles. The summed E-state index contributed by atoms with van der Waals surface area (Å²) in [6.07, 6.45) is 1.97. The van der Waals surface area contributed by atoms with E-state index in [4.69, 9.17) is 16.3 Å². The van der Waals surface area contributed by atoms with Crippen molar-refractivity contribution >= 4 is 29.2 Å². The maximum Gasteiger partial charge on any atom is 0.342 e. The number of hydrogen-bond acceptors (Lipinski definition) is 5. The number of phenolic OH excluding ortho intramolecular Hbond substituents is 1. The van der Waals surface area contributed by atoms with E-state index in [-0.39, 0.29) is 23.6 Å². The van der Waals surface area contributed by atoms with Gasteiger partial charge in [0.15, 0.2) is 0 Å². The summed E-state index contributed by atoms with van der Waals surface area (Å²) in [5, 5.41) is 21.4. The van der Waals surface area contributed by atoms with Crippen LogP contribution in [0.15, 0.2) is 72.8 Å². The lowest BCUT2D eigenvalue weighted by Gasteiger charge is -2.09. The number of carbonyl (C=O) groups excluding carboxylic acids is 2. The van der Waals surface area contributed by atoms with Crippen molar-refractivity contribution in [1.82, 2.24) is 15.1 Å². The van der Waals surface area contributed by atoms with E-state index in [0.717, 1.165) is 29.8 Å². The zero-order valence-electron chi connectivity index (χ0n) is 20.1. The summed E-state index contributed by atoms with van der Waals surface area (Å²) in [6.45, 7) is 0.343. The first kappa shape index (κ1) is 24.4. The Morgan fingerprint density at radius 1 is 1.05 bits per heavy atom. The Kier molecular flexibility index (Phi) is 6.83. The summed E-state index contributed by atoms with van der Waals surface area (Å²) in [4.78, 5) is 25.5. The number of amides is 2. The second-order valence-corrected chi connectivity index (χ2v) is 9.28. The Morgan fingerprint density at radius 2 is 1.78 bits per heavy atom. The standard InChI is InChI=1S/C28H25ClN4O4/c1-37-22-11-2-17(3-12-22)16-30-28(36)33-25(18-4-5-18)15-24(32-33)23-13-10-21(14-26(23)34)31-27(35)19-6-8-20(29)9-7-19/h2-3,6-15,18,34H,4-5,16H2,1H3,(H,30,36)(H,31,35). The highest BCUT2D eigenvalue weighted by atomic mass is 35.5. The van der Waals surface area contributed by atoms with Crippen LogP contribution in [0.2, 0.25) is 5.02 Å². The molecule has 0 spiro atoms. The molecule has 0 saturated heterocycles. The van der Waals surface area contributed by atoms with Crippen molar-refractivity contribution < 1.29 is 19.4 Å². The molecule has 0 unspecified atom stereocenters. The lowest BCUT2D eigenvalue weighted by molar-refractivity contribution is 0.102. The van der Waals surface area contributed by atoms with Gasteiger partial charge in [0.05, 0.1) is 18.5 Å². The summed E-state index contributed by atoms with van der Waals surface area (Å²) in [5.41, 5.74) is 3.56. The molecule has 4 aromatic rings. The Balaban J connectivity index is 1.32. The van der Waals surface area contributed by atoms with Crippen molar-refractivity contribution in [3.63, 3.8) is 0 Å². The largest absolute Gasteiger partial charge is 0.507 e. The lowest BCUT2D eigenvalue weighted by atomic mass is 10.1. The van der Waals surface area contributed by atoms with E-state index < -0.39 is 0 Å². The average Bonchev–Trinajstić information content (AvgIpc) is 3.66. The van der Waals surface area contributed by atoms with E-state index >= 15 is 0 Å². The smallest absolute Gasteiger partial charge is 0.342 e. The lowest BCUT2D eigenvalue weighted by Crippen LogP contribution is -2.30. The quantitative estimate of drug-likeness (QED) is 0.287. The monoisotopic (exact) mass is 516 g/mol. The van der Waals surface area contributed by atoms with Crippen LogP contribution in [-0.2, 0) is 6.54 Å². The van der Waals surface area contributed by atoms with Gasteiger partial charge in [-0.2, -0.15) is 9.78 Å². The molecule has 1 aliphatic rings. The molecule has 0 atom stereocenters. The number of aromatic nitrogens is 2. The fourth-order valence-corrected chi connectivity index (χ4v) is 4.11. The first-order chi connectivity index (χ1) is 17.9. The van der Waals surface area contributed by atoms with Crippen LogP contribution >= 0.6 is 11.6 Å². The molecule has 37 heavy (non-hydrogen) atoms. The minimum atomic E-state index is -0.338. The van der Waals surface area contributed by atoms with Crippen molar-refractivity contribution in [1.29, 1.82) is 0 Å². The number of aromatic hydroxyl groups is 1. The van der Waals surface area contributed by atoms with Crippen molar-refractivity contribution in [2.75, 3.05) is 12.4 Å². The van der Waals surface area contributed by atoms with Crippen molar-refractivity contribution in [2.24, 2.45) is 0 Å². The van der Waals surface area contributed by atoms with Gasteiger partial charge in [-0.25, -0.2) is 4.79 Å². The zero-order chi connectivity index (χ0) is 25.9. The molecule has 1 aliphatic carbocycles. The van der Waals surface area contributed by atoms with Crippen LogP contribution in [0.1, 0.15) is 40.4 Å². The van der Waals surface area contributed by atoms with Crippen LogP contribution in [0.5, 0.6) is 11.5 Å². The third kappa shape index (κ3) is 5.59. The Morgan fingerprint density at radius 3 is 2.43 bits per heavy atom. The molecule has 1 fully saturated rings. The van der Waals surface area contributed by atoms with Gasteiger partial charge in [-0.1, -0.05) is 23.7 Å². The zero-order valence-corrected chi connectivity index (χ0v) is 20.8. The Hall–Kier alpha value is -4.30. The number of hydrogen-bond donors (Lipinski definition) is 3. The molecule has 3 N–H and O–H groups in total. The van der Waals surface area contributed by atoms with Gasteiger partial charge in [0.2, 0.25) is 0 Å². The SMILES string of the molecule is COc1ccc(CNC(=O)n2nc(-c3ccc(NC(=O)c4ccc(Cl)cc4)cc3O)cc2C2CC2)cc1. The first-order valence-corrected chi connectivity index (χ1v) is 12.2. The predicted octanol–water partition coefficient (Wildman–Crippen LogP) is 5.81. The third-order valence-electron chi connectivity index (χ3n) is 6.17. The number of nitrogens with zero attached hydrogens (tertiary/aromatic N) is 2. The van der Waals surface area contributed by atoms with E-state index in [1.54, 1.807) is 43.5 Å². The molecule has 0 radical (unpaired) electrons. The van der Waals surface area contributed by atoms with Crippen molar-refractivity contribution in [3.05, 3.63) is 94.6 Å². The van der Waals surface area contributed by atoms with E-state index in [1.807, 2.05) is 30.3 Å². The predicted molar refractivity (Wildman–Crippen MR) is 141 cm³/mol. The third-order valence-corrected chi connectivity index (χ3v) is 6.42. The van der Waals surface area contributed by atoms with Crippen LogP contribution in [0.3, 0.4) is 0 Å². The van der Waals surface area contributed by atoms with E-state index in [2.05, 4.69) is 15.7 Å². The average molecular weight is 517 g/mol. The number of phenols is 1. The molecule has 3 aromatic carbocycles. The molecule has 188 valence electrons. The van der Waals surface area contributed by atoms with E-state index in [0.29, 0.717) is 34.1 Å². The number of halogens is 1. The number of carbonyl (C=O) groups is 2. The summed E-state index contributed by atoms with van der Waals surface area (Å²) in [7, 11) is 1.61. The summed E-state index contributed by atoms with van der Waals surface area (Å²) < 4.78 is 6.55. The van der Waals surface area contributed by atoms with Crippen LogP contribution in [-0.4, -0.2) is 33.9 Å². The van der Waals surface area contributed by atoms with Crippen LogP contribution < -0.4 is 15.4 Å². The summed E-state index contributed by atoms with van der Waals surface area (Å²) >= 11 is 5.88. The molecule has 5 rings (SSSR count). The second-order valence-electron chi connectivity index (χ2n) is 8.84. The first-order valence-electron chi connectivity index (χ1n) is 11.8. The molecule has 0 aliphatic heterocycles. The van der Waals surface area contributed by atoms with Crippen molar-refractivity contribution in [2.45, 2.75) is 25.3 Å². The van der Waals surface area contributed by atoms with Gasteiger partial charge < -0.3 is 20.5 Å². The number of ether oxygens (including phenoxy) is 1.